The number of carbonyl (C=O) groups is 2. The van der Waals surface area contributed by atoms with E-state index >= 15 is 0 Å². The zero-order valence-corrected chi connectivity index (χ0v) is 17.5. The number of nitrogens with one attached hydrogen (secondary N) is 1. The van der Waals surface area contributed by atoms with E-state index in [2.05, 4.69) is 10.3 Å². The van der Waals surface area contributed by atoms with Crippen molar-refractivity contribution in [2.75, 3.05) is 23.3 Å². The van der Waals surface area contributed by atoms with Crippen LogP contribution in [0.2, 0.25) is 0 Å². The highest BCUT2D eigenvalue weighted by Gasteiger charge is 2.62. The predicted molar refractivity (Wildman–Crippen MR) is 121 cm³/mol. The Kier molecular flexibility index (Phi) is 5.01. The normalized spacial score (nSPS) is 19.5. The molecule has 0 radical (unpaired) electrons. The molecule has 1 aromatic heterocycles. The second-order valence-electron chi connectivity index (χ2n) is 8.29. The van der Waals surface area contributed by atoms with Crippen molar-refractivity contribution in [2.45, 2.75) is 18.9 Å². The van der Waals surface area contributed by atoms with Crippen LogP contribution in [0.4, 0.5) is 16.2 Å². The number of benzene rings is 2. The maximum atomic E-state index is 13.5. The Bertz CT molecular complexity index is 1130. The zero-order valence-electron chi connectivity index (χ0n) is 17.5. The van der Waals surface area contributed by atoms with E-state index in [-0.39, 0.29) is 23.7 Å². The lowest BCUT2D eigenvalue weighted by Gasteiger charge is -2.58. The number of phenols is 1. The highest BCUT2D eigenvalue weighted by atomic mass is 16.3. The van der Waals surface area contributed by atoms with Crippen molar-refractivity contribution in [1.82, 2.24) is 9.88 Å². The number of likely N-dealkylation sites (tertiary alicyclic amines) is 1. The van der Waals surface area contributed by atoms with E-state index in [0.29, 0.717) is 31.6 Å². The van der Waals surface area contributed by atoms with Gasteiger partial charge in [-0.15, -0.1) is 0 Å². The van der Waals surface area contributed by atoms with Gasteiger partial charge in [-0.05, 0) is 49.2 Å². The molecule has 3 heterocycles. The van der Waals surface area contributed by atoms with Gasteiger partial charge in [-0.2, -0.15) is 0 Å². The molecule has 1 atom stereocenters. The Labute approximate surface area is 186 Å². The Morgan fingerprint density at radius 2 is 1.75 bits per heavy atom. The minimum atomic E-state index is -0.608. The molecule has 2 N–H and O–H groups in total. The van der Waals surface area contributed by atoms with E-state index in [1.54, 1.807) is 34.2 Å². The van der Waals surface area contributed by atoms with Gasteiger partial charge in [0.15, 0.2) is 0 Å². The van der Waals surface area contributed by atoms with Gasteiger partial charge < -0.3 is 20.2 Å². The quantitative estimate of drug-likeness (QED) is 0.613. The summed E-state index contributed by atoms with van der Waals surface area (Å²) in [7, 11) is 0. The molecule has 2 aliphatic rings. The lowest BCUT2D eigenvalue weighted by molar-refractivity contribution is -0.144. The molecule has 0 saturated carbocycles. The van der Waals surface area contributed by atoms with Crippen LogP contribution in [0.3, 0.4) is 0 Å². The summed E-state index contributed by atoms with van der Waals surface area (Å²) in [6, 6.07) is 21.4. The summed E-state index contributed by atoms with van der Waals surface area (Å²) >= 11 is 0. The van der Waals surface area contributed by atoms with Crippen LogP contribution in [-0.4, -0.2) is 40.0 Å². The maximum Gasteiger partial charge on any atom is 0.321 e. The number of para-hydroxylation sites is 1. The third-order valence-electron chi connectivity index (χ3n) is 6.47. The Morgan fingerprint density at radius 1 is 1.00 bits per heavy atom. The fraction of sp³-hybridized carbons (Fsp3) is 0.240. The second kappa shape index (κ2) is 8.00. The molecular formula is C25H24N4O3. The smallest absolute Gasteiger partial charge is 0.321 e. The van der Waals surface area contributed by atoms with E-state index in [1.807, 2.05) is 54.6 Å². The van der Waals surface area contributed by atoms with Gasteiger partial charge in [-0.3, -0.25) is 9.78 Å². The number of piperidine rings is 1. The standard InChI is InChI=1S/C25H24N4O3/c30-20-10-6-9-19(17-20)29-22(21-11-4-5-14-26-21)25(23(29)31)12-15-28(16-13-25)24(32)27-18-7-2-1-3-8-18/h1-11,14,17,22,30H,12-13,15-16H2,(H,27,32). The lowest BCUT2D eigenvalue weighted by atomic mass is 9.63. The number of anilines is 2. The van der Waals surface area contributed by atoms with Crippen LogP contribution < -0.4 is 10.2 Å². The van der Waals surface area contributed by atoms with Crippen LogP contribution in [0.1, 0.15) is 24.6 Å². The zero-order chi connectivity index (χ0) is 22.1. The summed E-state index contributed by atoms with van der Waals surface area (Å²) in [5, 5.41) is 12.9. The first-order valence-electron chi connectivity index (χ1n) is 10.7. The summed E-state index contributed by atoms with van der Waals surface area (Å²) < 4.78 is 0. The Morgan fingerprint density at radius 3 is 2.44 bits per heavy atom. The van der Waals surface area contributed by atoms with E-state index in [9.17, 15) is 14.7 Å². The first kappa shape index (κ1) is 20.1. The van der Waals surface area contributed by atoms with Gasteiger partial charge in [0.05, 0.1) is 17.2 Å². The van der Waals surface area contributed by atoms with Crippen molar-refractivity contribution in [3.05, 3.63) is 84.7 Å². The first-order chi connectivity index (χ1) is 15.6. The summed E-state index contributed by atoms with van der Waals surface area (Å²) in [6.07, 6.45) is 2.85. The Balaban J connectivity index is 1.38. The molecule has 5 rings (SSSR count). The van der Waals surface area contributed by atoms with Gasteiger partial charge in [0.2, 0.25) is 5.91 Å². The van der Waals surface area contributed by atoms with Crippen molar-refractivity contribution in [3.63, 3.8) is 0 Å². The minimum absolute atomic E-state index is 0.0156. The van der Waals surface area contributed by atoms with E-state index in [4.69, 9.17) is 0 Å². The molecule has 1 spiro atoms. The number of rotatable bonds is 3. The second-order valence-corrected chi connectivity index (χ2v) is 8.29. The molecule has 2 fully saturated rings. The molecule has 162 valence electrons. The highest BCUT2D eigenvalue weighted by Crippen LogP contribution is 2.57. The molecule has 0 aliphatic carbocycles. The van der Waals surface area contributed by atoms with Crippen LogP contribution in [-0.2, 0) is 4.79 Å². The minimum Gasteiger partial charge on any atom is -0.508 e. The van der Waals surface area contributed by atoms with Crippen molar-refractivity contribution < 1.29 is 14.7 Å². The van der Waals surface area contributed by atoms with Gasteiger partial charge in [-0.1, -0.05) is 30.3 Å². The maximum absolute atomic E-state index is 13.5. The number of nitrogens with zero attached hydrogens (tertiary/aromatic N) is 3. The highest BCUT2D eigenvalue weighted by molar-refractivity contribution is 6.06. The van der Waals surface area contributed by atoms with Gasteiger partial charge in [-0.25, -0.2) is 4.79 Å². The number of carbonyl (C=O) groups excluding carboxylic acids is 2. The molecule has 7 heteroatoms. The molecule has 2 aliphatic heterocycles. The third kappa shape index (κ3) is 3.36. The molecule has 0 bridgehead atoms. The monoisotopic (exact) mass is 428 g/mol. The fourth-order valence-electron chi connectivity index (χ4n) is 4.84. The summed E-state index contributed by atoms with van der Waals surface area (Å²) in [4.78, 5) is 34.2. The SMILES string of the molecule is O=C(Nc1ccccc1)N1CCC2(CC1)C(=O)N(c1cccc(O)c1)C2c1ccccn1. The van der Waals surface area contributed by atoms with Crippen molar-refractivity contribution in [2.24, 2.45) is 5.41 Å². The molecule has 32 heavy (non-hydrogen) atoms. The van der Waals surface area contributed by atoms with Gasteiger partial charge in [0, 0.05) is 36.7 Å². The summed E-state index contributed by atoms with van der Waals surface area (Å²) in [5.41, 5.74) is 1.61. The van der Waals surface area contributed by atoms with E-state index in [0.717, 1.165) is 11.4 Å². The number of hydrogen-bond acceptors (Lipinski definition) is 4. The lowest BCUT2D eigenvalue weighted by Crippen LogP contribution is -2.67. The molecule has 1 unspecified atom stereocenters. The molecule has 2 saturated heterocycles. The average molecular weight is 428 g/mol. The molecule has 7 nitrogen and oxygen atoms in total. The van der Waals surface area contributed by atoms with Gasteiger partial charge in [0.25, 0.3) is 0 Å². The third-order valence-corrected chi connectivity index (χ3v) is 6.47. The van der Waals surface area contributed by atoms with Gasteiger partial charge >= 0.3 is 6.03 Å². The van der Waals surface area contributed by atoms with Crippen LogP contribution in [0.5, 0.6) is 5.75 Å². The number of aromatic hydroxyl groups is 1. The number of amides is 3. The molecule has 3 amide bonds. The number of pyridine rings is 1. The number of β-lactam (4-membered cyclic amide) rings is 1. The van der Waals surface area contributed by atoms with E-state index in [1.165, 1.54) is 0 Å². The predicted octanol–water partition coefficient (Wildman–Crippen LogP) is 4.19. The van der Waals surface area contributed by atoms with Crippen LogP contribution >= 0.6 is 0 Å². The fourth-order valence-corrected chi connectivity index (χ4v) is 4.84. The van der Waals surface area contributed by atoms with Crippen LogP contribution in [0, 0.1) is 5.41 Å². The van der Waals surface area contributed by atoms with Crippen LogP contribution in [0.15, 0.2) is 79.0 Å². The first-order valence-corrected chi connectivity index (χ1v) is 10.7. The number of phenolic OH excluding ortho intramolecular Hbond substituents is 1. The largest absolute Gasteiger partial charge is 0.508 e. The molecule has 3 aromatic rings. The Hall–Kier alpha value is -3.87. The number of hydrogen-bond donors (Lipinski definition) is 2. The topological polar surface area (TPSA) is 85.8 Å². The van der Waals surface area contributed by atoms with Crippen LogP contribution in [0.25, 0.3) is 0 Å². The van der Waals surface area contributed by atoms with Gasteiger partial charge in [0.1, 0.15) is 5.75 Å². The van der Waals surface area contributed by atoms with E-state index < -0.39 is 5.41 Å². The average Bonchev–Trinajstić information content (AvgIpc) is 2.83. The number of urea groups is 1. The molecular weight excluding hydrogens is 404 g/mol. The van der Waals surface area contributed by atoms with Crippen molar-refractivity contribution in [3.8, 4) is 5.75 Å². The number of aromatic nitrogens is 1. The molecule has 2 aromatic carbocycles. The van der Waals surface area contributed by atoms with Crippen molar-refractivity contribution >= 4 is 23.3 Å². The van der Waals surface area contributed by atoms with Crippen molar-refractivity contribution in [1.29, 1.82) is 0 Å². The summed E-state index contributed by atoms with van der Waals surface area (Å²) in [6.45, 7) is 0.975. The summed E-state index contributed by atoms with van der Waals surface area (Å²) in [5.74, 6) is 0.130.